The van der Waals surface area contributed by atoms with E-state index in [0.717, 1.165) is 23.6 Å². The lowest BCUT2D eigenvalue weighted by molar-refractivity contribution is 0.217. The summed E-state index contributed by atoms with van der Waals surface area (Å²) in [7, 11) is 0. The average molecular weight is 246 g/mol. The van der Waals surface area contributed by atoms with Crippen LogP contribution in [0.15, 0.2) is 30.5 Å². The molecule has 2 N–H and O–H groups in total. The van der Waals surface area contributed by atoms with Gasteiger partial charge < -0.3 is 10.5 Å². The lowest BCUT2D eigenvalue weighted by Crippen LogP contribution is -2.11. The number of rotatable bonds is 5. The first-order valence-corrected chi connectivity index (χ1v) is 6.11. The highest BCUT2D eigenvalue weighted by Gasteiger charge is 2.07. The second-order valence-corrected chi connectivity index (χ2v) is 4.18. The maximum atomic E-state index is 5.78. The first-order chi connectivity index (χ1) is 8.74. The van der Waals surface area contributed by atoms with Crippen LogP contribution in [0, 0.1) is 0 Å². The molecule has 96 valence electrons. The van der Waals surface area contributed by atoms with Gasteiger partial charge in [0, 0.05) is 12.6 Å². The van der Waals surface area contributed by atoms with Crippen molar-refractivity contribution in [2.45, 2.75) is 32.9 Å². The number of nitrogens with two attached hydrogens (primary N) is 1. The van der Waals surface area contributed by atoms with E-state index >= 15 is 0 Å². The molecule has 1 unspecified atom stereocenters. The van der Waals surface area contributed by atoms with E-state index in [2.05, 4.69) is 17.2 Å². The minimum atomic E-state index is 0.199. The fourth-order valence-electron chi connectivity index (χ4n) is 1.62. The summed E-state index contributed by atoms with van der Waals surface area (Å²) in [4.78, 5) is 0. The van der Waals surface area contributed by atoms with Gasteiger partial charge in [0.25, 0.3) is 0 Å². The van der Waals surface area contributed by atoms with Gasteiger partial charge in [0.1, 0.15) is 5.75 Å². The Kier molecular flexibility index (Phi) is 3.94. The number of benzene rings is 1. The lowest BCUT2D eigenvalue weighted by Gasteiger charge is -2.13. The summed E-state index contributed by atoms with van der Waals surface area (Å²) in [5.41, 5.74) is 7.42. The van der Waals surface area contributed by atoms with Gasteiger partial charge in [0.15, 0.2) is 0 Å². The molecule has 0 aliphatic carbocycles. The minimum absolute atomic E-state index is 0.199. The zero-order valence-electron chi connectivity index (χ0n) is 10.7. The van der Waals surface area contributed by atoms with Crippen LogP contribution >= 0.6 is 0 Å². The number of hydrogen-bond acceptors (Lipinski definition) is 4. The van der Waals surface area contributed by atoms with Crippen molar-refractivity contribution in [1.82, 2.24) is 15.0 Å². The first-order valence-electron chi connectivity index (χ1n) is 6.11. The molecular weight excluding hydrogens is 228 g/mol. The molecule has 2 rings (SSSR count). The van der Waals surface area contributed by atoms with Gasteiger partial charge in [0.05, 0.1) is 23.7 Å². The third-order valence-electron chi connectivity index (χ3n) is 2.80. The fraction of sp³-hybridized carbons (Fsp3) is 0.385. The van der Waals surface area contributed by atoms with E-state index in [9.17, 15) is 0 Å². The molecule has 1 aromatic heterocycles. The molecule has 18 heavy (non-hydrogen) atoms. The van der Waals surface area contributed by atoms with Crippen molar-refractivity contribution < 1.29 is 4.74 Å². The first kappa shape index (κ1) is 12.6. The van der Waals surface area contributed by atoms with Crippen molar-refractivity contribution in [3.8, 4) is 11.4 Å². The minimum Gasteiger partial charge on any atom is -0.491 e. The van der Waals surface area contributed by atoms with Gasteiger partial charge in [-0.2, -0.15) is 0 Å². The number of ether oxygens (including phenoxy) is 1. The fourth-order valence-corrected chi connectivity index (χ4v) is 1.62. The molecule has 2 aromatic rings. The average Bonchev–Trinajstić information content (AvgIpc) is 2.87. The predicted octanol–water partition coefficient (Wildman–Crippen LogP) is 1.90. The largest absolute Gasteiger partial charge is 0.491 e. The maximum absolute atomic E-state index is 5.78. The molecule has 0 spiro atoms. The lowest BCUT2D eigenvalue weighted by atomic mass is 10.2. The Morgan fingerprint density at radius 2 is 2.28 bits per heavy atom. The molecule has 0 saturated heterocycles. The summed E-state index contributed by atoms with van der Waals surface area (Å²) in [5.74, 6) is 0.834. The summed E-state index contributed by atoms with van der Waals surface area (Å²) in [6.07, 6.45) is 2.84. The molecule has 0 saturated carbocycles. The highest BCUT2D eigenvalue weighted by molar-refractivity contribution is 5.39. The van der Waals surface area contributed by atoms with E-state index in [-0.39, 0.29) is 6.10 Å². The second-order valence-electron chi connectivity index (χ2n) is 4.18. The maximum Gasteiger partial charge on any atom is 0.121 e. The normalized spacial score (nSPS) is 12.4. The Hall–Kier alpha value is -1.88. The molecular formula is C13H18N4O. The zero-order valence-corrected chi connectivity index (χ0v) is 10.7. The number of hydrogen-bond donors (Lipinski definition) is 1. The second kappa shape index (κ2) is 5.64. The summed E-state index contributed by atoms with van der Waals surface area (Å²) in [6.45, 7) is 4.55. The molecule has 1 atom stereocenters. The molecule has 0 aliphatic heterocycles. The zero-order chi connectivity index (χ0) is 13.0. The van der Waals surface area contributed by atoms with Gasteiger partial charge in [-0.25, -0.2) is 4.68 Å². The van der Waals surface area contributed by atoms with Gasteiger partial charge >= 0.3 is 0 Å². The van der Waals surface area contributed by atoms with Crippen molar-refractivity contribution in [3.05, 3.63) is 36.2 Å². The van der Waals surface area contributed by atoms with Crippen molar-refractivity contribution in [3.63, 3.8) is 0 Å². The van der Waals surface area contributed by atoms with E-state index in [0.29, 0.717) is 6.54 Å². The summed E-state index contributed by atoms with van der Waals surface area (Å²) < 4.78 is 7.51. The van der Waals surface area contributed by atoms with Crippen LogP contribution in [0.5, 0.6) is 5.75 Å². The molecule has 5 heteroatoms. The van der Waals surface area contributed by atoms with E-state index in [4.69, 9.17) is 10.5 Å². The van der Waals surface area contributed by atoms with E-state index in [1.807, 2.05) is 31.2 Å². The van der Waals surface area contributed by atoms with Crippen LogP contribution in [-0.2, 0) is 6.54 Å². The van der Waals surface area contributed by atoms with Gasteiger partial charge in [-0.1, -0.05) is 18.2 Å². The highest BCUT2D eigenvalue weighted by atomic mass is 16.5. The topological polar surface area (TPSA) is 66.0 Å². The third-order valence-corrected chi connectivity index (χ3v) is 2.80. The smallest absolute Gasteiger partial charge is 0.121 e. The van der Waals surface area contributed by atoms with Crippen LogP contribution in [0.4, 0.5) is 0 Å². The summed E-state index contributed by atoms with van der Waals surface area (Å²) in [6, 6.07) is 7.78. The molecule has 0 amide bonds. The van der Waals surface area contributed by atoms with Crippen LogP contribution < -0.4 is 10.5 Å². The van der Waals surface area contributed by atoms with Crippen molar-refractivity contribution in [1.29, 1.82) is 0 Å². The van der Waals surface area contributed by atoms with Crippen molar-refractivity contribution in [2.75, 3.05) is 0 Å². The SMILES string of the molecule is CCC(C)Oc1cccc(-n2nncc2CN)c1. The van der Waals surface area contributed by atoms with Crippen LogP contribution in [0.3, 0.4) is 0 Å². The molecule has 0 bridgehead atoms. The van der Waals surface area contributed by atoms with Crippen molar-refractivity contribution >= 4 is 0 Å². The molecule has 1 heterocycles. The summed E-state index contributed by atoms with van der Waals surface area (Å²) >= 11 is 0. The van der Waals surface area contributed by atoms with Gasteiger partial charge in [-0.05, 0) is 25.5 Å². The van der Waals surface area contributed by atoms with Crippen LogP contribution in [0.2, 0.25) is 0 Å². The quantitative estimate of drug-likeness (QED) is 0.875. The third kappa shape index (κ3) is 2.68. The van der Waals surface area contributed by atoms with Crippen LogP contribution in [-0.4, -0.2) is 21.1 Å². The Balaban J connectivity index is 2.27. The van der Waals surface area contributed by atoms with Crippen LogP contribution in [0.1, 0.15) is 26.0 Å². The van der Waals surface area contributed by atoms with Gasteiger partial charge in [0.2, 0.25) is 0 Å². The highest BCUT2D eigenvalue weighted by Crippen LogP contribution is 2.19. The Bertz CT molecular complexity index is 509. The van der Waals surface area contributed by atoms with Gasteiger partial charge in [-0.3, -0.25) is 0 Å². The number of nitrogens with zero attached hydrogens (tertiary/aromatic N) is 3. The van der Waals surface area contributed by atoms with E-state index < -0.39 is 0 Å². The molecule has 5 nitrogen and oxygen atoms in total. The summed E-state index contributed by atoms with van der Waals surface area (Å²) in [5, 5.41) is 7.90. The van der Waals surface area contributed by atoms with E-state index in [1.165, 1.54) is 0 Å². The predicted molar refractivity (Wildman–Crippen MR) is 69.6 cm³/mol. The standard InChI is InChI=1S/C13H18N4O/c1-3-10(2)18-13-6-4-5-11(7-13)17-12(8-14)9-15-16-17/h4-7,9-10H,3,8,14H2,1-2H3. The van der Waals surface area contributed by atoms with E-state index in [1.54, 1.807) is 10.9 Å². The Labute approximate surface area is 107 Å². The molecule has 1 aromatic carbocycles. The molecule has 0 fully saturated rings. The monoisotopic (exact) mass is 246 g/mol. The molecule has 0 aliphatic rings. The van der Waals surface area contributed by atoms with Crippen molar-refractivity contribution in [2.24, 2.45) is 5.73 Å². The van der Waals surface area contributed by atoms with Gasteiger partial charge in [-0.15, -0.1) is 5.10 Å². The Morgan fingerprint density at radius 3 is 3.00 bits per heavy atom. The molecule has 0 radical (unpaired) electrons. The number of aromatic nitrogens is 3. The Morgan fingerprint density at radius 1 is 1.44 bits per heavy atom. The van der Waals surface area contributed by atoms with Crippen LogP contribution in [0.25, 0.3) is 5.69 Å².